The normalized spacial score (nSPS) is 11.2. The summed E-state index contributed by atoms with van der Waals surface area (Å²) in [6.07, 6.45) is 3.10. The van der Waals surface area contributed by atoms with E-state index in [-0.39, 0.29) is 5.78 Å². The van der Waals surface area contributed by atoms with E-state index in [4.69, 9.17) is 32.4 Å². The molecule has 0 bridgehead atoms. The summed E-state index contributed by atoms with van der Waals surface area (Å²) in [5.41, 5.74) is 1.94. The number of hydrogen-bond donors (Lipinski definition) is 0. The van der Waals surface area contributed by atoms with Gasteiger partial charge in [0.15, 0.2) is 5.78 Å². The van der Waals surface area contributed by atoms with Gasteiger partial charge < -0.3 is 9.15 Å². The van der Waals surface area contributed by atoms with Crippen molar-refractivity contribution in [2.24, 2.45) is 0 Å². The molecule has 0 aliphatic rings. The SMILES string of the molecule is Cc1cc(OCc2ccc(/C=C/C(=O)c3ccc(Cl)s3)o2)cc(C)c1Cl. The largest absolute Gasteiger partial charge is 0.486 e. The van der Waals surface area contributed by atoms with Crippen molar-refractivity contribution < 1.29 is 13.9 Å². The summed E-state index contributed by atoms with van der Waals surface area (Å²) < 4.78 is 12.0. The van der Waals surface area contributed by atoms with Gasteiger partial charge in [0.25, 0.3) is 0 Å². The Bertz CT molecular complexity index is 946. The maximum atomic E-state index is 12.0. The second kappa shape index (κ2) is 8.12. The molecular weight excluding hydrogens is 391 g/mol. The number of allylic oxidation sites excluding steroid dienone is 1. The minimum Gasteiger partial charge on any atom is -0.486 e. The molecule has 3 aromatic rings. The van der Waals surface area contributed by atoms with E-state index < -0.39 is 0 Å². The van der Waals surface area contributed by atoms with Gasteiger partial charge in [-0.3, -0.25) is 4.79 Å². The number of hydrogen-bond acceptors (Lipinski definition) is 4. The Kier molecular flexibility index (Phi) is 5.87. The van der Waals surface area contributed by atoms with Crippen molar-refractivity contribution in [3.8, 4) is 5.75 Å². The third-order valence-electron chi connectivity index (χ3n) is 3.69. The Morgan fingerprint density at radius 2 is 1.88 bits per heavy atom. The number of benzene rings is 1. The van der Waals surface area contributed by atoms with Crippen molar-refractivity contribution in [2.45, 2.75) is 20.5 Å². The van der Waals surface area contributed by atoms with Crippen LogP contribution in [0.1, 0.15) is 32.3 Å². The van der Waals surface area contributed by atoms with Crippen molar-refractivity contribution in [1.29, 1.82) is 0 Å². The van der Waals surface area contributed by atoms with Gasteiger partial charge in [-0.25, -0.2) is 0 Å². The highest BCUT2D eigenvalue weighted by Crippen LogP contribution is 2.26. The highest BCUT2D eigenvalue weighted by atomic mass is 35.5. The highest BCUT2D eigenvalue weighted by Gasteiger charge is 2.07. The Labute approximate surface area is 165 Å². The lowest BCUT2D eigenvalue weighted by molar-refractivity contribution is 0.105. The lowest BCUT2D eigenvalue weighted by atomic mass is 10.1. The van der Waals surface area contributed by atoms with Gasteiger partial charge >= 0.3 is 0 Å². The van der Waals surface area contributed by atoms with Crippen LogP contribution in [0.25, 0.3) is 6.08 Å². The predicted octanol–water partition coefficient (Wildman–Crippen LogP) is 6.74. The lowest BCUT2D eigenvalue weighted by Gasteiger charge is -2.08. The average Bonchev–Trinajstić information content (AvgIpc) is 3.24. The van der Waals surface area contributed by atoms with E-state index in [1.54, 1.807) is 24.3 Å². The highest BCUT2D eigenvalue weighted by molar-refractivity contribution is 7.18. The fourth-order valence-electron chi connectivity index (χ4n) is 2.39. The number of carbonyl (C=O) groups is 1. The van der Waals surface area contributed by atoms with Gasteiger partial charge in [-0.1, -0.05) is 23.2 Å². The van der Waals surface area contributed by atoms with E-state index >= 15 is 0 Å². The van der Waals surface area contributed by atoms with Gasteiger partial charge in [0, 0.05) is 5.02 Å². The zero-order chi connectivity index (χ0) is 18.7. The van der Waals surface area contributed by atoms with Crippen molar-refractivity contribution in [3.63, 3.8) is 0 Å². The van der Waals surface area contributed by atoms with Gasteiger partial charge in [-0.15, -0.1) is 11.3 Å². The first-order valence-electron chi connectivity index (χ1n) is 7.88. The first-order chi connectivity index (χ1) is 12.4. The minimum atomic E-state index is -0.108. The summed E-state index contributed by atoms with van der Waals surface area (Å²) in [4.78, 5) is 12.6. The van der Waals surface area contributed by atoms with Crippen LogP contribution in [0.4, 0.5) is 0 Å². The number of furan rings is 1. The van der Waals surface area contributed by atoms with Crippen LogP contribution in [0.2, 0.25) is 9.36 Å². The molecule has 0 aliphatic carbocycles. The molecule has 0 amide bonds. The lowest BCUT2D eigenvalue weighted by Crippen LogP contribution is -1.95. The van der Waals surface area contributed by atoms with Crippen LogP contribution in [0, 0.1) is 13.8 Å². The summed E-state index contributed by atoms with van der Waals surface area (Å²) in [5, 5.41) is 0.750. The quantitative estimate of drug-likeness (QED) is 0.336. The second-order valence-corrected chi connectivity index (χ2v) is 7.86. The van der Waals surface area contributed by atoms with E-state index in [1.165, 1.54) is 17.4 Å². The van der Waals surface area contributed by atoms with Crippen LogP contribution in [-0.4, -0.2) is 5.78 Å². The van der Waals surface area contributed by atoms with Gasteiger partial charge in [-0.2, -0.15) is 0 Å². The van der Waals surface area contributed by atoms with E-state index in [0.717, 1.165) is 21.9 Å². The molecule has 0 saturated heterocycles. The van der Waals surface area contributed by atoms with Crippen LogP contribution in [-0.2, 0) is 6.61 Å². The number of rotatable bonds is 6. The van der Waals surface area contributed by atoms with Crippen molar-refractivity contribution >= 4 is 46.4 Å². The fourth-order valence-corrected chi connectivity index (χ4v) is 3.46. The number of carbonyl (C=O) groups excluding carboxylic acids is 1. The first kappa shape index (κ1) is 18.8. The van der Waals surface area contributed by atoms with E-state index in [9.17, 15) is 4.79 Å². The number of ketones is 1. The van der Waals surface area contributed by atoms with Crippen LogP contribution >= 0.6 is 34.5 Å². The molecule has 0 radical (unpaired) electrons. The number of thiophene rings is 1. The topological polar surface area (TPSA) is 39.4 Å². The molecule has 0 N–H and O–H groups in total. The van der Waals surface area contributed by atoms with Crippen molar-refractivity contribution in [2.75, 3.05) is 0 Å². The Balaban J connectivity index is 1.61. The van der Waals surface area contributed by atoms with Crippen LogP contribution < -0.4 is 4.74 Å². The van der Waals surface area contributed by atoms with Crippen LogP contribution in [0.15, 0.2) is 46.9 Å². The molecule has 2 aromatic heterocycles. The fraction of sp³-hybridized carbons (Fsp3) is 0.150. The summed E-state index contributed by atoms with van der Waals surface area (Å²) in [5.74, 6) is 1.88. The maximum absolute atomic E-state index is 12.0. The third-order valence-corrected chi connectivity index (χ3v) is 5.53. The van der Waals surface area contributed by atoms with Crippen molar-refractivity contribution in [3.05, 3.63) is 79.4 Å². The molecule has 0 saturated carbocycles. The molecule has 6 heteroatoms. The molecule has 26 heavy (non-hydrogen) atoms. The zero-order valence-electron chi connectivity index (χ0n) is 14.2. The molecule has 3 nitrogen and oxygen atoms in total. The molecule has 134 valence electrons. The predicted molar refractivity (Wildman–Crippen MR) is 107 cm³/mol. The second-order valence-electron chi connectivity index (χ2n) is 5.77. The summed E-state index contributed by atoms with van der Waals surface area (Å²) in [6, 6.07) is 10.8. The Morgan fingerprint density at radius 3 is 2.54 bits per heavy atom. The Hall–Kier alpha value is -2.01. The van der Waals surface area contributed by atoms with Gasteiger partial charge in [0.1, 0.15) is 23.9 Å². The molecule has 2 heterocycles. The van der Waals surface area contributed by atoms with Crippen molar-refractivity contribution in [1.82, 2.24) is 0 Å². The van der Waals surface area contributed by atoms with E-state index in [0.29, 0.717) is 27.3 Å². The first-order valence-corrected chi connectivity index (χ1v) is 9.45. The summed E-state index contributed by atoms with van der Waals surface area (Å²) >= 11 is 13.3. The molecule has 0 atom stereocenters. The summed E-state index contributed by atoms with van der Waals surface area (Å²) in [6.45, 7) is 4.17. The standard InChI is InChI=1S/C20H16Cl2O3S/c1-12-9-16(10-13(2)20(12)22)24-11-15-4-3-14(25-15)5-6-17(23)18-7-8-19(21)26-18/h3-10H,11H2,1-2H3/b6-5+. The molecule has 0 aliphatic heterocycles. The molecule has 0 spiro atoms. The Morgan fingerprint density at radius 1 is 1.15 bits per heavy atom. The smallest absolute Gasteiger partial charge is 0.195 e. The molecule has 1 aromatic carbocycles. The molecule has 3 rings (SSSR count). The van der Waals surface area contributed by atoms with Gasteiger partial charge in [0.05, 0.1) is 9.21 Å². The molecular formula is C20H16Cl2O3S. The summed E-state index contributed by atoms with van der Waals surface area (Å²) in [7, 11) is 0. The number of aryl methyl sites for hydroxylation is 2. The maximum Gasteiger partial charge on any atom is 0.195 e. The van der Waals surface area contributed by atoms with Crippen LogP contribution in [0.3, 0.4) is 0 Å². The molecule has 0 unspecified atom stereocenters. The average molecular weight is 407 g/mol. The van der Waals surface area contributed by atoms with E-state index in [2.05, 4.69) is 0 Å². The monoisotopic (exact) mass is 406 g/mol. The van der Waals surface area contributed by atoms with Crippen LogP contribution in [0.5, 0.6) is 5.75 Å². The van der Waals surface area contributed by atoms with Gasteiger partial charge in [-0.05, 0) is 73.5 Å². The van der Waals surface area contributed by atoms with Gasteiger partial charge in [0.2, 0.25) is 0 Å². The molecule has 0 fully saturated rings. The number of ether oxygens (including phenoxy) is 1. The minimum absolute atomic E-state index is 0.108. The van der Waals surface area contributed by atoms with E-state index in [1.807, 2.05) is 32.0 Å². The third kappa shape index (κ3) is 4.58. The zero-order valence-corrected chi connectivity index (χ0v) is 16.5. The number of halogens is 2.